The highest BCUT2D eigenvalue weighted by Gasteiger charge is 2.31. The van der Waals surface area contributed by atoms with E-state index >= 15 is 0 Å². The summed E-state index contributed by atoms with van der Waals surface area (Å²) >= 11 is 2.94. The Kier molecular flexibility index (Phi) is 5.46. The van der Waals surface area contributed by atoms with Gasteiger partial charge in [0.25, 0.3) is 0 Å². The number of carbonyl (C=O) groups is 1. The summed E-state index contributed by atoms with van der Waals surface area (Å²) in [7, 11) is 1.25. The number of hydrogen-bond acceptors (Lipinski definition) is 4. The smallest absolute Gasteiger partial charge is 0.493 e. The fourth-order valence-electron chi connectivity index (χ4n) is 1.13. The number of halogens is 4. The third kappa shape index (κ3) is 5.82. The maximum atomic E-state index is 12.0. The van der Waals surface area contributed by atoms with Crippen LogP contribution in [0.1, 0.15) is 6.42 Å². The summed E-state index contributed by atoms with van der Waals surface area (Å²) in [4.78, 5) is 10.8. The van der Waals surface area contributed by atoms with Gasteiger partial charge in [-0.05, 0) is 34.1 Å². The molecule has 1 aromatic rings. The van der Waals surface area contributed by atoms with Crippen LogP contribution in [-0.4, -0.2) is 26.0 Å². The summed E-state index contributed by atoms with van der Waals surface area (Å²) in [6.45, 7) is 0.0680. The lowest BCUT2D eigenvalue weighted by atomic mass is 10.3. The van der Waals surface area contributed by atoms with E-state index in [0.29, 0.717) is 5.75 Å². The van der Waals surface area contributed by atoms with Crippen LogP contribution in [0.2, 0.25) is 0 Å². The fourth-order valence-corrected chi connectivity index (χ4v) is 1.57. The third-order valence-corrected chi connectivity index (χ3v) is 2.55. The second-order valence-electron chi connectivity index (χ2n) is 3.31. The van der Waals surface area contributed by atoms with Crippen molar-refractivity contribution >= 4 is 21.9 Å². The number of carbonyl (C=O) groups excluding carboxylic acids is 1. The standard InChI is InChI=1S/C11H10BrF3O4/c1-17-10(16)4-5-18-7-2-3-9(8(12)6-7)19-11(13,14)15/h2-3,6H,4-5H2,1H3. The molecule has 0 saturated heterocycles. The molecule has 0 aliphatic carbocycles. The minimum absolute atomic E-state index is 0.0505. The number of benzene rings is 1. The molecule has 4 nitrogen and oxygen atoms in total. The first-order valence-electron chi connectivity index (χ1n) is 5.07. The van der Waals surface area contributed by atoms with Crippen LogP contribution in [0, 0.1) is 0 Å². The highest BCUT2D eigenvalue weighted by atomic mass is 79.9. The number of alkyl halides is 3. The largest absolute Gasteiger partial charge is 0.573 e. The highest BCUT2D eigenvalue weighted by Crippen LogP contribution is 2.33. The van der Waals surface area contributed by atoms with Crippen molar-refractivity contribution in [2.24, 2.45) is 0 Å². The SMILES string of the molecule is COC(=O)CCOc1ccc(OC(F)(F)F)c(Br)c1. The van der Waals surface area contributed by atoms with Gasteiger partial charge >= 0.3 is 12.3 Å². The first-order valence-corrected chi connectivity index (χ1v) is 5.86. The quantitative estimate of drug-likeness (QED) is 0.770. The molecule has 0 aromatic heterocycles. The van der Waals surface area contributed by atoms with E-state index in [9.17, 15) is 18.0 Å². The molecule has 8 heteroatoms. The van der Waals surface area contributed by atoms with Crippen LogP contribution >= 0.6 is 15.9 Å². The van der Waals surface area contributed by atoms with E-state index in [1.54, 1.807) is 0 Å². The van der Waals surface area contributed by atoms with Gasteiger partial charge in [-0.3, -0.25) is 4.79 Å². The van der Waals surface area contributed by atoms with Gasteiger partial charge in [0.05, 0.1) is 24.6 Å². The van der Waals surface area contributed by atoms with Gasteiger partial charge in [0, 0.05) is 0 Å². The summed E-state index contributed by atoms with van der Waals surface area (Å²) in [5, 5.41) is 0. The Morgan fingerprint density at radius 2 is 2.05 bits per heavy atom. The Labute approximate surface area is 115 Å². The molecule has 0 aliphatic rings. The molecule has 0 spiro atoms. The zero-order valence-electron chi connectivity index (χ0n) is 9.79. The van der Waals surface area contributed by atoms with E-state index in [2.05, 4.69) is 25.4 Å². The van der Waals surface area contributed by atoms with Crippen LogP contribution in [0.5, 0.6) is 11.5 Å². The highest BCUT2D eigenvalue weighted by molar-refractivity contribution is 9.10. The van der Waals surface area contributed by atoms with Gasteiger partial charge in [-0.1, -0.05) is 0 Å². The van der Waals surface area contributed by atoms with Crippen molar-refractivity contribution in [1.82, 2.24) is 0 Å². The molecule has 19 heavy (non-hydrogen) atoms. The van der Waals surface area contributed by atoms with Crippen LogP contribution in [0.25, 0.3) is 0 Å². The maximum Gasteiger partial charge on any atom is 0.573 e. The molecule has 0 bridgehead atoms. The fraction of sp³-hybridized carbons (Fsp3) is 0.364. The Hall–Kier alpha value is -1.44. The van der Waals surface area contributed by atoms with Gasteiger partial charge in [0.2, 0.25) is 0 Å². The van der Waals surface area contributed by atoms with Crippen molar-refractivity contribution in [3.63, 3.8) is 0 Å². The summed E-state index contributed by atoms with van der Waals surface area (Å²) in [5.74, 6) is -0.491. The van der Waals surface area contributed by atoms with Crippen molar-refractivity contribution in [3.05, 3.63) is 22.7 Å². The second kappa shape index (κ2) is 6.65. The topological polar surface area (TPSA) is 44.8 Å². The molecular formula is C11H10BrF3O4. The van der Waals surface area contributed by atoms with Gasteiger partial charge < -0.3 is 14.2 Å². The molecule has 0 fully saturated rings. The second-order valence-corrected chi connectivity index (χ2v) is 4.17. The molecule has 1 rings (SSSR count). The molecule has 0 saturated carbocycles. The Morgan fingerprint density at radius 3 is 2.58 bits per heavy atom. The normalized spacial score (nSPS) is 11.0. The van der Waals surface area contributed by atoms with E-state index in [4.69, 9.17) is 4.74 Å². The van der Waals surface area contributed by atoms with Crippen LogP contribution in [-0.2, 0) is 9.53 Å². The summed E-state index contributed by atoms with van der Waals surface area (Å²) in [5.41, 5.74) is 0. The lowest BCUT2D eigenvalue weighted by Gasteiger charge is -2.12. The van der Waals surface area contributed by atoms with Gasteiger partial charge in [0.15, 0.2) is 0 Å². The first kappa shape index (κ1) is 15.6. The Bertz CT molecular complexity index is 448. The minimum Gasteiger partial charge on any atom is -0.493 e. The average molecular weight is 343 g/mol. The van der Waals surface area contributed by atoms with Gasteiger partial charge in [-0.25, -0.2) is 0 Å². The van der Waals surface area contributed by atoms with E-state index in [0.717, 1.165) is 6.07 Å². The number of esters is 1. The van der Waals surface area contributed by atoms with E-state index < -0.39 is 12.3 Å². The monoisotopic (exact) mass is 342 g/mol. The predicted molar refractivity (Wildman–Crippen MR) is 63.0 cm³/mol. The molecule has 0 amide bonds. The average Bonchev–Trinajstić information content (AvgIpc) is 2.31. The molecule has 1 aromatic carbocycles. The zero-order valence-corrected chi connectivity index (χ0v) is 11.4. The summed E-state index contributed by atoms with van der Waals surface area (Å²) in [6, 6.07) is 3.74. The number of methoxy groups -OCH3 is 1. The third-order valence-electron chi connectivity index (χ3n) is 1.93. The van der Waals surface area contributed by atoms with Gasteiger partial charge in [-0.2, -0.15) is 0 Å². The van der Waals surface area contributed by atoms with Crippen molar-refractivity contribution in [2.45, 2.75) is 12.8 Å². The molecular weight excluding hydrogens is 333 g/mol. The molecule has 0 unspecified atom stereocenters. The maximum absolute atomic E-state index is 12.0. The molecule has 0 heterocycles. The van der Waals surface area contributed by atoms with Crippen LogP contribution < -0.4 is 9.47 Å². The number of hydrogen-bond donors (Lipinski definition) is 0. The van der Waals surface area contributed by atoms with E-state index in [-0.39, 0.29) is 23.2 Å². The predicted octanol–water partition coefficient (Wildman–Crippen LogP) is 3.29. The summed E-state index contributed by atoms with van der Waals surface area (Å²) in [6.07, 6.45) is -4.70. The van der Waals surface area contributed by atoms with Crippen molar-refractivity contribution < 1.29 is 32.2 Å². The Morgan fingerprint density at radius 1 is 1.37 bits per heavy atom. The van der Waals surface area contributed by atoms with Gasteiger partial charge in [-0.15, -0.1) is 13.2 Å². The lowest BCUT2D eigenvalue weighted by Crippen LogP contribution is -2.17. The Balaban J connectivity index is 2.59. The van der Waals surface area contributed by atoms with E-state index in [1.807, 2.05) is 0 Å². The molecule has 0 N–H and O–H groups in total. The van der Waals surface area contributed by atoms with Gasteiger partial charge in [0.1, 0.15) is 11.5 Å². The van der Waals surface area contributed by atoms with E-state index in [1.165, 1.54) is 19.2 Å². The molecule has 0 aliphatic heterocycles. The van der Waals surface area contributed by atoms with Crippen LogP contribution in [0.4, 0.5) is 13.2 Å². The van der Waals surface area contributed by atoms with Crippen molar-refractivity contribution in [1.29, 1.82) is 0 Å². The molecule has 0 atom stereocenters. The minimum atomic E-state index is -4.75. The lowest BCUT2D eigenvalue weighted by molar-refractivity contribution is -0.274. The molecule has 0 radical (unpaired) electrons. The van der Waals surface area contributed by atoms with Crippen LogP contribution in [0.3, 0.4) is 0 Å². The molecule has 106 valence electrons. The number of ether oxygens (including phenoxy) is 3. The van der Waals surface area contributed by atoms with Crippen molar-refractivity contribution in [3.8, 4) is 11.5 Å². The first-order chi connectivity index (χ1) is 8.81. The zero-order chi connectivity index (χ0) is 14.5. The number of rotatable bonds is 5. The summed E-state index contributed by atoms with van der Waals surface area (Å²) < 4.78 is 49.5. The van der Waals surface area contributed by atoms with Crippen molar-refractivity contribution in [2.75, 3.05) is 13.7 Å². The van der Waals surface area contributed by atoms with Crippen LogP contribution in [0.15, 0.2) is 22.7 Å².